The molecule has 1 aromatic carbocycles. The summed E-state index contributed by atoms with van der Waals surface area (Å²) in [4.78, 5) is 24.9. The first-order valence-corrected chi connectivity index (χ1v) is 6.96. The Morgan fingerprint density at radius 1 is 1.29 bits per heavy atom. The topological polar surface area (TPSA) is 76.1 Å². The first kappa shape index (κ1) is 13.9. The number of nitrogens with zero attached hydrogens (tertiary/aromatic N) is 1. The Bertz CT molecular complexity index is 532. The molecule has 1 aromatic rings. The second-order valence-electron chi connectivity index (χ2n) is 5.40. The molecule has 2 heterocycles. The Morgan fingerprint density at radius 2 is 2.05 bits per heavy atom. The van der Waals surface area contributed by atoms with Gasteiger partial charge in [0, 0.05) is 5.92 Å². The van der Waals surface area contributed by atoms with Gasteiger partial charge in [-0.2, -0.15) is 0 Å². The molecule has 0 bridgehead atoms. The van der Waals surface area contributed by atoms with Crippen molar-refractivity contribution in [2.45, 2.75) is 25.1 Å². The molecule has 2 aliphatic heterocycles. The van der Waals surface area contributed by atoms with Crippen LogP contribution in [0.5, 0.6) is 0 Å². The Morgan fingerprint density at radius 3 is 2.76 bits per heavy atom. The SMILES string of the molecule is O=C(O)C1CC2COCC2N1C(=O)OCc1ccccc1. The van der Waals surface area contributed by atoms with Crippen LogP contribution in [0, 0.1) is 5.92 Å². The van der Waals surface area contributed by atoms with Gasteiger partial charge in [-0.25, -0.2) is 9.59 Å². The number of benzene rings is 1. The summed E-state index contributed by atoms with van der Waals surface area (Å²) in [6.45, 7) is 1.03. The summed E-state index contributed by atoms with van der Waals surface area (Å²) in [6, 6.07) is 8.31. The van der Waals surface area contributed by atoms with Gasteiger partial charge in [0.1, 0.15) is 12.6 Å². The quantitative estimate of drug-likeness (QED) is 0.913. The van der Waals surface area contributed by atoms with Gasteiger partial charge in [0.15, 0.2) is 0 Å². The van der Waals surface area contributed by atoms with E-state index in [0.29, 0.717) is 19.6 Å². The summed E-state index contributed by atoms with van der Waals surface area (Å²) in [7, 11) is 0. The van der Waals surface area contributed by atoms with Crippen molar-refractivity contribution < 1.29 is 24.2 Å². The minimum absolute atomic E-state index is 0.0929. The molecule has 6 heteroatoms. The number of amides is 1. The predicted molar refractivity (Wildman–Crippen MR) is 72.6 cm³/mol. The fraction of sp³-hybridized carbons (Fsp3) is 0.467. The summed E-state index contributed by atoms with van der Waals surface area (Å²) < 4.78 is 10.6. The number of rotatable bonds is 3. The maximum absolute atomic E-state index is 12.3. The zero-order chi connectivity index (χ0) is 14.8. The molecule has 1 N–H and O–H groups in total. The smallest absolute Gasteiger partial charge is 0.411 e. The lowest BCUT2D eigenvalue weighted by Crippen LogP contribution is -2.46. The van der Waals surface area contributed by atoms with Gasteiger partial charge in [-0.05, 0) is 12.0 Å². The molecule has 1 amide bonds. The molecule has 6 nitrogen and oxygen atoms in total. The highest BCUT2D eigenvalue weighted by Crippen LogP contribution is 2.35. The number of ether oxygens (including phenoxy) is 2. The van der Waals surface area contributed by atoms with Gasteiger partial charge in [-0.15, -0.1) is 0 Å². The number of hydrogen-bond donors (Lipinski definition) is 1. The predicted octanol–water partition coefficient (Wildman–Crippen LogP) is 1.50. The lowest BCUT2D eigenvalue weighted by atomic mass is 10.0. The standard InChI is InChI=1S/C15H17NO5/c17-14(18)12-6-11-8-20-9-13(11)16(12)15(19)21-7-10-4-2-1-3-5-10/h1-5,11-13H,6-9H2,(H,17,18). The molecular weight excluding hydrogens is 274 g/mol. The Kier molecular flexibility index (Phi) is 3.79. The van der Waals surface area contributed by atoms with Crippen LogP contribution in [-0.2, 0) is 20.9 Å². The number of likely N-dealkylation sites (tertiary alicyclic amines) is 1. The van der Waals surface area contributed by atoms with Crippen LogP contribution in [0.3, 0.4) is 0 Å². The van der Waals surface area contributed by atoms with Crippen LogP contribution < -0.4 is 0 Å². The second kappa shape index (κ2) is 5.73. The summed E-state index contributed by atoms with van der Waals surface area (Å²) in [5, 5.41) is 9.28. The van der Waals surface area contributed by atoms with Crippen molar-refractivity contribution in [3.63, 3.8) is 0 Å². The summed E-state index contributed by atoms with van der Waals surface area (Å²) >= 11 is 0. The number of carboxylic acid groups (broad SMARTS) is 1. The first-order valence-electron chi connectivity index (χ1n) is 6.96. The van der Waals surface area contributed by atoms with E-state index in [2.05, 4.69) is 0 Å². The Balaban J connectivity index is 1.68. The van der Waals surface area contributed by atoms with Gasteiger partial charge in [-0.1, -0.05) is 30.3 Å². The van der Waals surface area contributed by atoms with E-state index in [1.165, 1.54) is 4.90 Å². The van der Waals surface area contributed by atoms with Gasteiger partial charge in [0.05, 0.1) is 19.3 Å². The fourth-order valence-corrected chi connectivity index (χ4v) is 3.03. The van der Waals surface area contributed by atoms with Gasteiger partial charge in [-0.3, -0.25) is 4.90 Å². The third kappa shape index (κ3) is 2.71. The highest BCUT2D eigenvalue weighted by atomic mass is 16.6. The van der Waals surface area contributed by atoms with Gasteiger partial charge >= 0.3 is 12.1 Å². The molecule has 2 fully saturated rings. The van der Waals surface area contributed by atoms with Gasteiger partial charge < -0.3 is 14.6 Å². The van der Waals surface area contributed by atoms with E-state index in [9.17, 15) is 14.7 Å². The molecule has 0 radical (unpaired) electrons. The fourth-order valence-electron chi connectivity index (χ4n) is 3.03. The van der Waals surface area contributed by atoms with E-state index in [0.717, 1.165) is 5.56 Å². The molecular formula is C15H17NO5. The third-order valence-corrected chi connectivity index (χ3v) is 4.08. The van der Waals surface area contributed by atoms with Gasteiger partial charge in [0.25, 0.3) is 0 Å². The van der Waals surface area contributed by atoms with Crippen LogP contribution in [0.15, 0.2) is 30.3 Å². The highest BCUT2D eigenvalue weighted by Gasteiger charge is 2.50. The van der Waals surface area contributed by atoms with Crippen molar-refractivity contribution in [2.24, 2.45) is 5.92 Å². The van der Waals surface area contributed by atoms with E-state index in [4.69, 9.17) is 9.47 Å². The average molecular weight is 291 g/mol. The molecule has 3 atom stereocenters. The van der Waals surface area contributed by atoms with Crippen molar-refractivity contribution in [3.8, 4) is 0 Å². The minimum Gasteiger partial charge on any atom is -0.480 e. The molecule has 0 saturated carbocycles. The zero-order valence-corrected chi connectivity index (χ0v) is 11.5. The minimum atomic E-state index is -0.985. The number of aliphatic carboxylic acids is 1. The average Bonchev–Trinajstić information content (AvgIpc) is 3.06. The number of carboxylic acids is 1. The number of hydrogen-bond acceptors (Lipinski definition) is 4. The molecule has 112 valence electrons. The van der Waals surface area contributed by atoms with Crippen LogP contribution in [0.25, 0.3) is 0 Å². The first-order chi connectivity index (χ1) is 10.2. The summed E-state index contributed by atoms with van der Waals surface area (Å²) in [6.07, 6.45) is -0.148. The molecule has 0 aliphatic carbocycles. The third-order valence-electron chi connectivity index (χ3n) is 4.08. The molecule has 2 aliphatic rings. The Hall–Kier alpha value is -2.08. The van der Waals surface area contributed by atoms with Crippen molar-refractivity contribution in [1.82, 2.24) is 4.90 Å². The maximum atomic E-state index is 12.3. The van der Waals surface area contributed by atoms with E-state index in [1.807, 2.05) is 30.3 Å². The van der Waals surface area contributed by atoms with Crippen molar-refractivity contribution in [3.05, 3.63) is 35.9 Å². The molecule has 21 heavy (non-hydrogen) atoms. The number of carbonyl (C=O) groups is 2. The van der Waals surface area contributed by atoms with E-state index in [1.54, 1.807) is 0 Å². The zero-order valence-electron chi connectivity index (χ0n) is 11.5. The van der Waals surface area contributed by atoms with E-state index < -0.39 is 18.1 Å². The van der Waals surface area contributed by atoms with Crippen LogP contribution in [0.4, 0.5) is 4.79 Å². The summed E-state index contributed by atoms with van der Waals surface area (Å²) in [5.74, 6) is -0.892. The van der Waals surface area contributed by atoms with Crippen molar-refractivity contribution in [1.29, 1.82) is 0 Å². The largest absolute Gasteiger partial charge is 0.480 e. The van der Waals surface area contributed by atoms with Crippen molar-refractivity contribution in [2.75, 3.05) is 13.2 Å². The number of carbonyl (C=O) groups excluding carboxylic acids is 1. The monoisotopic (exact) mass is 291 g/mol. The van der Waals surface area contributed by atoms with E-state index >= 15 is 0 Å². The van der Waals surface area contributed by atoms with Crippen molar-refractivity contribution >= 4 is 12.1 Å². The van der Waals surface area contributed by atoms with Gasteiger partial charge in [0.2, 0.25) is 0 Å². The lowest BCUT2D eigenvalue weighted by molar-refractivity contribution is -0.142. The molecule has 3 rings (SSSR count). The van der Waals surface area contributed by atoms with E-state index in [-0.39, 0.29) is 18.6 Å². The highest BCUT2D eigenvalue weighted by molar-refractivity contribution is 5.81. The lowest BCUT2D eigenvalue weighted by Gasteiger charge is -2.26. The van der Waals surface area contributed by atoms with Crippen LogP contribution in [-0.4, -0.2) is 47.4 Å². The molecule has 2 saturated heterocycles. The normalized spacial score (nSPS) is 27.4. The number of fused-ring (bicyclic) bond motifs is 1. The maximum Gasteiger partial charge on any atom is 0.411 e. The summed E-state index contributed by atoms with van der Waals surface area (Å²) in [5.41, 5.74) is 0.871. The van der Waals surface area contributed by atoms with Crippen LogP contribution >= 0.6 is 0 Å². The molecule has 0 spiro atoms. The molecule has 3 unspecified atom stereocenters. The Labute approximate surface area is 122 Å². The van der Waals surface area contributed by atoms with Crippen LogP contribution in [0.1, 0.15) is 12.0 Å². The molecule has 0 aromatic heterocycles. The van der Waals surface area contributed by atoms with Crippen LogP contribution in [0.2, 0.25) is 0 Å². The second-order valence-corrected chi connectivity index (χ2v) is 5.40.